The van der Waals surface area contributed by atoms with E-state index in [0.29, 0.717) is 16.4 Å². The van der Waals surface area contributed by atoms with Crippen LogP contribution in [-0.2, 0) is 0 Å². The summed E-state index contributed by atoms with van der Waals surface area (Å²) in [5.74, 6) is 0.674. The van der Waals surface area contributed by atoms with E-state index in [1.165, 1.54) is 6.08 Å². The van der Waals surface area contributed by atoms with Gasteiger partial charge in [-0.25, -0.2) is 9.97 Å². The number of carbonyl (C=O) groups excluding carboxylic acids is 1. The molecule has 26 heavy (non-hydrogen) atoms. The number of halogens is 1. The zero-order valence-corrected chi connectivity index (χ0v) is 14.4. The fourth-order valence-electron chi connectivity index (χ4n) is 2.55. The van der Waals surface area contributed by atoms with Crippen LogP contribution in [-0.4, -0.2) is 15.8 Å². The van der Waals surface area contributed by atoms with Gasteiger partial charge in [-0.3, -0.25) is 4.79 Å². The molecule has 0 radical (unpaired) electrons. The average Bonchev–Trinajstić information content (AvgIpc) is 3.10. The van der Waals surface area contributed by atoms with Crippen molar-refractivity contribution in [1.29, 1.82) is 0 Å². The summed E-state index contributed by atoms with van der Waals surface area (Å²) < 4.78 is 5.56. The first-order valence-electron chi connectivity index (χ1n) is 7.98. The number of hydrogen-bond donors (Lipinski definition) is 0. The Morgan fingerprint density at radius 1 is 1.00 bits per heavy atom. The fourth-order valence-corrected chi connectivity index (χ4v) is 2.73. The van der Waals surface area contributed by atoms with Crippen molar-refractivity contribution in [2.24, 2.45) is 0 Å². The van der Waals surface area contributed by atoms with E-state index < -0.39 is 0 Å². The van der Waals surface area contributed by atoms with Gasteiger partial charge in [0.1, 0.15) is 5.58 Å². The molecule has 2 aromatic heterocycles. The van der Waals surface area contributed by atoms with Crippen molar-refractivity contribution in [3.8, 4) is 11.4 Å². The number of carbonyl (C=O) groups is 1. The van der Waals surface area contributed by atoms with E-state index in [0.717, 1.165) is 16.5 Å². The zero-order valence-electron chi connectivity index (χ0n) is 13.6. The predicted molar refractivity (Wildman–Crippen MR) is 102 cm³/mol. The molecular formula is C21H13ClN2O2. The van der Waals surface area contributed by atoms with E-state index in [1.807, 2.05) is 30.3 Å². The number of allylic oxidation sites excluding steroid dienone is 1. The molecule has 126 valence electrons. The third-order valence-corrected chi connectivity index (χ3v) is 4.09. The molecule has 0 saturated heterocycles. The minimum absolute atomic E-state index is 0.232. The van der Waals surface area contributed by atoms with Crippen molar-refractivity contribution in [2.45, 2.75) is 0 Å². The van der Waals surface area contributed by atoms with Gasteiger partial charge < -0.3 is 4.42 Å². The van der Waals surface area contributed by atoms with Gasteiger partial charge in [0, 0.05) is 33.9 Å². The van der Waals surface area contributed by atoms with Gasteiger partial charge in [-0.15, -0.1) is 0 Å². The SMILES string of the molecule is O=C(/C=C/c1cnc(-c2ccccc2)nc1)c1cc2cc(Cl)ccc2o1. The topological polar surface area (TPSA) is 56.0 Å². The van der Waals surface area contributed by atoms with Crippen LogP contribution in [0.2, 0.25) is 5.02 Å². The summed E-state index contributed by atoms with van der Waals surface area (Å²) in [6, 6.07) is 16.6. The van der Waals surface area contributed by atoms with Gasteiger partial charge in [0.2, 0.25) is 5.78 Å². The molecule has 0 N–H and O–H groups in total. The van der Waals surface area contributed by atoms with Crippen molar-refractivity contribution in [2.75, 3.05) is 0 Å². The molecule has 0 saturated carbocycles. The number of ketones is 1. The maximum atomic E-state index is 12.3. The van der Waals surface area contributed by atoms with E-state index in [1.54, 1.807) is 42.7 Å². The molecule has 0 aliphatic carbocycles. The maximum Gasteiger partial charge on any atom is 0.221 e. The van der Waals surface area contributed by atoms with Crippen molar-refractivity contribution >= 4 is 34.4 Å². The van der Waals surface area contributed by atoms with Gasteiger partial charge in [0.25, 0.3) is 0 Å². The van der Waals surface area contributed by atoms with E-state index in [4.69, 9.17) is 16.0 Å². The molecule has 0 atom stereocenters. The molecule has 2 aromatic carbocycles. The van der Waals surface area contributed by atoms with Crippen LogP contribution in [0.15, 0.2) is 77.5 Å². The van der Waals surface area contributed by atoms with Gasteiger partial charge in [-0.2, -0.15) is 0 Å². The Balaban J connectivity index is 1.52. The first kappa shape index (κ1) is 16.2. The van der Waals surface area contributed by atoms with Crippen LogP contribution in [0.25, 0.3) is 28.4 Å². The van der Waals surface area contributed by atoms with Gasteiger partial charge >= 0.3 is 0 Å². The molecule has 4 rings (SSSR count). The average molecular weight is 361 g/mol. The summed E-state index contributed by atoms with van der Waals surface area (Å²) in [6.07, 6.45) is 6.46. The highest BCUT2D eigenvalue weighted by atomic mass is 35.5. The number of furan rings is 1. The van der Waals surface area contributed by atoms with Crippen LogP contribution in [0.4, 0.5) is 0 Å². The van der Waals surface area contributed by atoms with Gasteiger partial charge in [-0.05, 0) is 36.4 Å². The summed E-state index contributed by atoms with van der Waals surface area (Å²) in [5.41, 5.74) is 2.30. The lowest BCUT2D eigenvalue weighted by Gasteiger charge is -1.99. The maximum absolute atomic E-state index is 12.3. The van der Waals surface area contributed by atoms with Crippen LogP contribution in [0.1, 0.15) is 16.1 Å². The Kier molecular flexibility index (Phi) is 4.33. The van der Waals surface area contributed by atoms with Crippen LogP contribution >= 0.6 is 11.6 Å². The largest absolute Gasteiger partial charge is 0.453 e. The Labute approximate surface area is 154 Å². The molecule has 0 fully saturated rings. The van der Waals surface area contributed by atoms with Gasteiger partial charge in [0.15, 0.2) is 11.6 Å². The van der Waals surface area contributed by atoms with Crippen molar-refractivity contribution in [3.63, 3.8) is 0 Å². The van der Waals surface area contributed by atoms with E-state index in [9.17, 15) is 4.79 Å². The van der Waals surface area contributed by atoms with Crippen molar-refractivity contribution < 1.29 is 9.21 Å². The number of fused-ring (bicyclic) bond motifs is 1. The minimum atomic E-state index is -0.232. The summed E-state index contributed by atoms with van der Waals surface area (Å²) >= 11 is 5.95. The lowest BCUT2D eigenvalue weighted by molar-refractivity contribution is 0.102. The van der Waals surface area contributed by atoms with Crippen LogP contribution in [0, 0.1) is 0 Å². The Morgan fingerprint density at radius 2 is 1.77 bits per heavy atom. The highest BCUT2D eigenvalue weighted by Crippen LogP contribution is 2.23. The van der Waals surface area contributed by atoms with Crippen LogP contribution in [0.3, 0.4) is 0 Å². The molecule has 0 amide bonds. The Bertz CT molecular complexity index is 1100. The normalized spacial score (nSPS) is 11.3. The Morgan fingerprint density at radius 3 is 2.54 bits per heavy atom. The zero-order chi connectivity index (χ0) is 17.9. The molecule has 0 aliphatic heterocycles. The summed E-state index contributed by atoms with van der Waals surface area (Å²) in [7, 11) is 0. The Hall–Kier alpha value is -3.24. The van der Waals surface area contributed by atoms with Gasteiger partial charge in [0.05, 0.1) is 0 Å². The second-order valence-corrected chi connectivity index (χ2v) is 6.13. The summed E-state index contributed by atoms with van der Waals surface area (Å²) in [6.45, 7) is 0. The number of hydrogen-bond acceptors (Lipinski definition) is 4. The van der Waals surface area contributed by atoms with Crippen LogP contribution in [0.5, 0.6) is 0 Å². The number of nitrogens with zero attached hydrogens (tertiary/aromatic N) is 2. The highest BCUT2D eigenvalue weighted by molar-refractivity contribution is 6.31. The first-order valence-corrected chi connectivity index (χ1v) is 8.36. The molecule has 0 aliphatic rings. The lowest BCUT2D eigenvalue weighted by atomic mass is 10.2. The smallest absolute Gasteiger partial charge is 0.221 e. The summed E-state index contributed by atoms with van der Waals surface area (Å²) in [4.78, 5) is 21.0. The fraction of sp³-hybridized carbons (Fsp3) is 0. The standard InChI is InChI=1S/C21H13ClN2O2/c22-17-7-9-19-16(10-17)11-20(26-19)18(25)8-6-14-12-23-21(24-13-14)15-4-2-1-3-5-15/h1-13H/b8-6+. The van der Waals surface area contributed by atoms with Gasteiger partial charge in [-0.1, -0.05) is 41.9 Å². The molecule has 5 heteroatoms. The highest BCUT2D eigenvalue weighted by Gasteiger charge is 2.10. The van der Waals surface area contributed by atoms with E-state index in [2.05, 4.69) is 9.97 Å². The second kappa shape index (κ2) is 6.94. The number of benzene rings is 2. The number of aromatic nitrogens is 2. The molecular weight excluding hydrogens is 348 g/mol. The predicted octanol–water partition coefficient (Wildman–Crippen LogP) is 5.44. The molecule has 4 nitrogen and oxygen atoms in total. The minimum Gasteiger partial charge on any atom is -0.453 e. The van der Waals surface area contributed by atoms with E-state index >= 15 is 0 Å². The number of rotatable bonds is 4. The van der Waals surface area contributed by atoms with Crippen molar-refractivity contribution in [1.82, 2.24) is 9.97 Å². The third-order valence-electron chi connectivity index (χ3n) is 3.85. The molecule has 0 spiro atoms. The summed E-state index contributed by atoms with van der Waals surface area (Å²) in [5, 5.41) is 1.40. The molecule has 4 aromatic rings. The lowest BCUT2D eigenvalue weighted by Crippen LogP contribution is -1.92. The second-order valence-electron chi connectivity index (χ2n) is 5.70. The third kappa shape index (κ3) is 3.41. The monoisotopic (exact) mass is 360 g/mol. The molecule has 0 bridgehead atoms. The van der Waals surface area contributed by atoms with E-state index in [-0.39, 0.29) is 11.5 Å². The quantitative estimate of drug-likeness (QED) is 0.359. The first-order chi connectivity index (χ1) is 12.7. The van der Waals surface area contributed by atoms with Crippen LogP contribution < -0.4 is 0 Å². The van der Waals surface area contributed by atoms with Crippen molar-refractivity contribution in [3.05, 3.63) is 89.4 Å². The molecule has 2 heterocycles. The molecule has 0 unspecified atom stereocenters.